The first-order chi connectivity index (χ1) is 1.91. The molecule has 6 heavy (non-hydrogen) atoms. The van der Waals surface area contributed by atoms with Crippen molar-refractivity contribution in [2.24, 2.45) is 0 Å². The Kier molecular flexibility index (Phi) is 42.9. The Morgan fingerprint density at radius 3 is 1.17 bits per heavy atom. The molecule has 0 atom stereocenters. The Morgan fingerprint density at radius 2 is 1.17 bits per heavy atom. The third kappa shape index (κ3) is 19.1. The average Bonchev–Trinajstić information content (AvgIpc) is 1.37. The van der Waals surface area contributed by atoms with Crippen molar-refractivity contribution in [3.63, 3.8) is 0 Å². The molecule has 0 aliphatic heterocycles. The van der Waals surface area contributed by atoms with Crippen LogP contribution in [0.2, 0.25) is 0 Å². The van der Waals surface area contributed by atoms with E-state index in [4.69, 9.17) is 0 Å². The molecule has 2 heteroatoms. The molecule has 2 radical (unpaired) electrons. The van der Waals surface area contributed by atoms with Crippen LogP contribution in [0.4, 0.5) is 0 Å². The number of unbranched alkanes of at least 4 members (excludes halogenated alkanes) is 1. The van der Waals surface area contributed by atoms with Gasteiger partial charge in [-0.25, -0.2) is 12.8 Å². The molecule has 0 rings (SSSR count). The van der Waals surface area contributed by atoms with Crippen molar-refractivity contribution in [3.05, 3.63) is 13.8 Å². The zero-order chi connectivity index (χ0) is 3.41. The Hall–Kier alpha value is 1.17. The summed E-state index contributed by atoms with van der Waals surface area (Å²) < 4.78 is 0. The van der Waals surface area contributed by atoms with Gasteiger partial charge in [0.2, 0.25) is 0 Å². The van der Waals surface area contributed by atoms with Gasteiger partial charge in [0.05, 0.1) is 0 Å². The smallest absolute Gasteiger partial charge is 0.346 e. The SMILES string of the molecule is [CH2-]CC[CH2-].[V+2].[V]. The molecular formula is C4H8V2. The first-order valence-electron chi connectivity index (χ1n) is 1.50. The van der Waals surface area contributed by atoms with Crippen molar-refractivity contribution in [1.82, 2.24) is 0 Å². The third-order valence-electron chi connectivity index (χ3n) is 0.250. The Morgan fingerprint density at radius 1 is 1.00 bits per heavy atom. The predicted octanol–water partition coefficient (Wildman–Crippen LogP) is 1.43. The van der Waals surface area contributed by atoms with Crippen molar-refractivity contribution < 1.29 is 37.1 Å². The monoisotopic (exact) mass is 158 g/mol. The van der Waals surface area contributed by atoms with E-state index in [9.17, 15) is 0 Å². The Labute approximate surface area is 63.9 Å². The zero-order valence-corrected chi connectivity index (χ0v) is 6.52. The van der Waals surface area contributed by atoms with Gasteiger partial charge in [0, 0.05) is 18.6 Å². The minimum atomic E-state index is 0. The molecule has 0 fully saturated rings. The number of hydrogen-bond donors (Lipinski definition) is 0. The molecule has 0 aromatic rings. The van der Waals surface area contributed by atoms with Gasteiger partial charge >= 0.3 is 18.6 Å². The van der Waals surface area contributed by atoms with Gasteiger partial charge in [0.25, 0.3) is 0 Å². The second-order valence-corrected chi connectivity index (χ2v) is 0.707. The summed E-state index contributed by atoms with van der Waals surface area (Å²) in [6.45, 7) is 7.08. The number of hydrogen-bond acceptors (Lipinski definition) is 0. The van der Waals surface area contributed by atoms with Crippen LogP contribution in [0.1, 0.15) is 12.8 Å². The van der Waals surface area contributed by atoms with Crippen molar-refractivity contribution in [2.75, 3.05) is 0 Å². The summed E-state index contributed by atoms with van der Waals surface area (Å²) in [5.74, 6) is 0. The molecule has 0 spiro atoms. The molecule has 0 amide bonds. The molecular weight excluding hydrogens is 150 g/mol. The summed E-state index contributed by atoms with van der Waals surface area (Å²) in [5.41, 5.74) is 0. The molecule has 0 bridgehead atoms. The van der Waals surface area contributed by atoms with Crippen molar-refractivity contribution in [3.8, 4) is 0 Å². The van der Waals surface area contributed by atoms with Crippen molar-refractivity contribution >= 4 is 0 Å². The second kappa shape index (κ2) is 16.4. The van der Waals surface area contributed by atoms with Crippen LogP contribution in [0.3, 0.4) is 0 Å². The van der Waals surface area contributed by atoms with Crippen LogP contribution in [0, 0.1) is 13.8 Å². The minimum absolute atomic E-state index is 0. The fourth-order valence-electron chi connectivity index (χ4n) is 0. The first-order valence-corrected chi connectivity index (χ1v) is 1.50. The maximum atomic E-state index is 3.54. The molecule has 0 aliphatic carbocycles. The van der Waals surface area contributed by atoms with E-state index in [1.807, 2.05) is 0 Å². The predicted molar refractivity (Wildman–Crippen MR) is 19.9 cm³/mol. The van der Waals surface area contributed by atoms with Crippen LogP contribution in [0.5, 0.6) is 0 Å². The van der Waals surface area contributed by atoms with E-state index in [1.54, 1.807) is 0 Å². The fourth-order valence-corrected chi connectivity index (χ4v) is 0. The van der Waals surface area contributed by atoms with Gasteiger partial charge in [-0.05, 0) is 0 Å². The van der Waals surface area contributed by atoms with Crippen LogP contribution < -0.4 is 0 Å². The summed E-state index contributed by atoms with van der Waals surface area (Å²) in [6.07, 6.45) is 1.92. The maximum Gasteiger partial charge on any atom is 2.00 e. The maximum absolute atomic E-state index is 3.54. The van der Waals surface area contributed by atoms with Crippen LogP contribution in [0.25, 0.3) is 0 Å². The van der Waals surface area contributed by atoms with Crippen molar-refractivity contribution in [2.45, 2.75) is 12.8 Å². The fraction of sp³-hybridized carbons (Fsp3) is 0.500. The molecule has 0 saturated carbocycles. The molecule has 34 valence electrons. The van der Waals surface area contributed by atoms with Gasteiger partial charge in [-0.2, -0.15) is 0 Å². The molecule has 0 aliphatic rings. The van der Waals surface area contributed by atoms with Gasteiger partial charge < -0.3 is 13.8 Å². The Bertz CT molecular complexity index is 7.51. The van der Waals surface area contributed by atoms with Crippen LogP contribution in [-0.4, -0.2) is 0 Å². The van der Waals surface area contributed by atoms with E-state index in [-0.39, 0.29) is 37.1 Å². The molecule has 0 unspecified atom stereocenters. The summed E-state index contributed by atoms with van der Waals surface area (Å²) in [5, 5.41) is 0. The number of rotatable bonds is 1. The molecule has 0 nitrogen and oxygen atoms in total. The van der Waals surface area contributed by atoms with E-state index >= 15 is 0 Å². The van der Waals surface area contributed by atoms with Crippen LogP contribution in [0.15, 0.2) is 0 Å². The van der Waals surface area contributed by atoms with Gasteiger partial charge in [-0.3, -0.25) is 0 Å². The minimum Gasteiger partial charge on any atom is -0.346 e. The quantitative estimate of drug-likeness (QED) is 0.506. The first kappa shape index (κ1) is 15.7. The molecule has 0 N–H and O–H groups in total. The van der Waals surface area contributed by atoms with Gasteiger partial charge in [-0.1, -0.05) is 0 Å². The van der Waals surface area contributed by atoms with Gasteiger partial charge in [-0.15, -0.1) is 0 Å². The molecule has 0 aromatic heterocycles. The summed E-state index contributed by atoms with van der Waals surface area (Å²) >= 11 is 0. The van der Waals surface area contributed by atoms with E-state index in [1.165, 1.54) is 0 Å². The van der Waals surface area contributed by atoms with E-state index < -0.39 is 0 Å². The Balaban J connectivity index is -0.0000000450. The summed E-state index contributed by atoms with van der Waals surface area (Å²) in [7, 11) is 0. The van der Waals surface area contributed by atoms with Gasteiger partial charge in [0.1, 0.15) is 0 Å². The largest absolute Gasteiger partial charge is 2.00 e. The van der Waals surface area contributed by atoms with E-state index in [2.05, 4.69) is 13.8 Å². The molecule has 0 heterocycles. The van der Waals surface area contributed by atoms with Crippen LogP contribution >= 0.6 is 0 Å². The van der Waals surface area contributed by atoms with E-state index in [0.29, 0.717) is 0 Å². The average molecular weight is 158 g/mol. The van der Waals surface area contributed by atoms with Crippen molar-refractivity contribution in [1.29, 1.82) is 0 Å². The van der Waals surface area contributed by atoms with E-state index in [0.717, 1.165) is 12.8 Å². The zero-order valence-electron chi connectivity index (χ0n) is 3.72. The molecule has 0 aromatic carbocycles. The topological polar surface area (TPSA) is 0 Å². The van der Waals surface area contributed by atoms with Gasteiger partial charge in [0.15, 0.2) is 0 Å². The second-order valence-electron chi connectivity index (χ2n) is 0.707. The normalized spacial score (nSPS) is 5.00. The summed E-state index contributed by atoms with van der Waals surface area (Å²) in [4.78, 5) is 0. The third-order valence-corrected chi connectivity index (χ3v) is 0.250. The molecule has 0 saturated heterocycles. The standard InChI is InChI=1S/C4H8.2V/c1-3-4-2;;/h1-4H2;;/q-2;;+2. The summed E-state index contributed by atoms with van der Waals surface area (Å²) in [6, 6.07) is 0. The van der Waals surface area contributed by atoms with Crippen LogP contribution in [-0.2, 0) is 37.1 Å².